The van der Waals surface area contributed by atoms with Gasteiger partial charge in [-0.1, -0.05) is 18.2 Å². The highest BCUT2D eigenvalue weighted by Crippen LogP contribution is 2.29. The zero-order valence-electron chi connectivity index (χ0n) is 16.5. The zero-order valence-corrected chi connectivity index (χ0v) is 16.5. The zero-order chi connectivity index (χ0) is 20.9. The Labute approximate surface area is 175 Å². The number of rotatable bonds is 7. The molecule has 0 unspecified atom stereocenters. The number of aliphatic hydroxyl groups excluding tert-OH is 1. The second-order valence-electron chi connectivity index (χ2n) is 7.52. The molecule has 0 spiro atoms. The molecule has 154 valence electrons. The summed E-state index contributed by atoms with van der Waals surface area (Å²) < 4.78 is 5.90. The largest absolute Gasteiger partial charge is 0.478 e. The van der Waals surface area contributed by atoms with Gasteiger partial charge in [0, 0.05) is 30.5 Å². The fraction of sp³-hybridized carbons (Fsp3) is 0.250. The van der Waals surface area contributed by atoms with E-state index in [0.29, 0.717) is 18.0 Å². The predicted molar refractivity (Wildman–Crippen MR) is 113 cm³/mol. The summed E-state index contributed by atoms with van der Waals surface area (Å²) in [6.45, 7) is 0.476. The van der Waals surface area contributed by atoms with Crippen molar-refractivity contribution in [3.05, 3.63) is 89.2 Å². The lowest BCUT2D eigenvalue weighted by atomic mass is 9.88. The summed E-state index contributed by atoms with van der Waals surface area (Å²) >= 11 is 0. The molecule has 0 amide bonds. The third-order valence-electron chi connectivity index (χ3n) is 5.39. The number of aryl methyl sites for hydroxylation is 1. The quantitative estimate of drug-likeness (QED) is 0.556. The first-order valence-corrected chi connectivity index (χ1v) is 10.0. The van der Waals surface area contributed by atoms with Crippen molar-refractivity contribution in [3.63, 3.8) is 0 Å². The Kier molecular flexibility index (Phi) is 6.07. The molecule has 1 aliphatic carbocycles. The van der Waals surface area contributed by atoms with Gasteiger partial charge in [-0.05, 0) is 66.8 Å². The van der Waals surface area contributed by atoms with Crippen molar-refractivity contribution < 1.29 is 19.7 Å². The van der Waals surface area contributed by atoms with Crippen molar-refractivity contribution in [1.82, 2.24) is 10.3 Å². The molecule has 2 atom stereocenters. The third-order valence-corrected chi connectivity index (χ3v) is 5.39. The van der Waals surface area contributed by atoms with Crippen LogP contribution in [0.2, 0.25) is 0 Å². The third kappa shape index (κ3) is 4.84. The molecule has 0 fully saturated rings. The van der Waals surface area contributed by atoms with E-state index in [1.54, 1.807) is 24.5 Å². The molecule has 0 aliphatic heterocycles. The maximum absolute atomic E-state index is 11.1. The lowest BCUT2D eigenvalue weighted by molar-refractivity contribution is 0.0696. The van der Waals surface area contributed by atoms with Crippen molar-refractivity contribution in [2.45, 2.75) is 31.4 Å². The maximum Gasteiger partial charge on any atom is 0.335 e. The molecule has 6 heteroatoms. The van der Waals surface area contributed by atoms with Crippen LogP contribution in [0.25, 0.3) is 0 Å². The van der Waals surface area contributed by atoms with Crippen LogP contribution in [0.15, 0.2) is 67.0 Å². The van der Waals surface area contributed by atoms with Gasteiger partial charge in [0.15, 0.2) is 0 Å². The predicted octanol–water partition coefficient (Wildman–Crippen LogP) is 3.75. The lowest BCUT2D eigenvalue weighted by Gasteiger charge is -2.27. The van der Waals surface area contributed by atoms with Crippen LogP contribution in [-0.4, -0.2) is 33.8 Å². The first-order chi connectivity index (χ1) is 14.6. The first-order valence-electron chi connectivity index (χ1n) is 10.0. The van der Waals surface area contributed by atoms with Gasteiger partial charge in [-0.15, -0.1) is 0 Å². The topological polar surface area (TPSA) is 91.7 Å². The van der Waals surface area contributed by atoms with Crippen LogP contribution in [0.3, 0.4) is 0 Å². The summed E-state index contributed by atoms with van der Waals surface area (Å²) in [4.78, 5) is 15.2. The van der Waals surface area contributed by atoms with Crippen LogP contribution < -0.4 is 10.1 Å². The number of fused-ring (bicyclic) bond motifs is 1. The Morgan fingerprint density at radius 1 is 1.13 bits per heavy atom. The van der Waals surface area contributed by atoms with Gasteiger partial charge < -0.3 is 20.3 Å². The van der Waals surface area contributed by atoms with Gasteiger partial charge >= 0.3 is 5.97 Å². The Balaban J connectivity index is 1.39. The molecule has 4 rings (SSSR count). The minimum absolute atomic E-state index is 0.196. The molecule has 0 bridgehead atoms. The van der Waals surface area contributed by atoms with Crippen LogP contribution in [-0.2, 0) is 12.8 Å². The van der Waals surface area contributed by atoms with Crippen LogP contribution in [0.5, 0.6) is 11.5 Å². The summed E-state index contributed by atoms with van der Waals surface area (Å²) in [5.41, 5.74) is 3.51. The summed E-state index contributed by atoms with van der Waals surface area (Å²) in [6.07, 6.45) is 5.61. The maximum atomic E-state index is 11.1. The van der Waals surface area contributed by atoms with Crippen molar-refractivity contribution in [1.29, 1.82) is 0 Å². The molecule has 6 nitrogen and oxygen atoms in total. The number of hydrogen-bond donors (Lipinski definition) is 3. The molecule has 1 aliphatic rings. The van der Waals surface area contributed by atoms with Gasteiger partial charge in [-0.2, -0.15) is 0 Å². The van der Waals surface area contributed by atoms with Crippen molar-refractivity contribution in [2.24, 2.45) is 0 Å². The van der Waals surface area contributed by atoms with Crippen molar-refractivity contribution >= 4 is 5.97 Å². The van der Waals surface area contributed by atoms with E-state index in [9.17, 15) is 9.90 Å². The molecule has 1 aromatic heterocycles. The van der Waals surface area contributed by atoms with E-state index in [-0.39, 0.29) is 11.6 Å². The monoisotopic (exact) mass is 404 g/mol. The second kappa shape index (κ2) is 9.07. The highest BCUT2D eigenvalue weighted by atomic mass is 16.5. The minimum atomic E-state index is -0.978. The van der Waals surface area contributed by atoms with E-state index < -0.39 is 12.1 Å². The average molecular weight is 404 g/mol. The van der Waals surface area contributed by atoms with Gasteiger partial charge in [-0.3, -0.25) is 4.98 Å². The SMILES string of the molecule is O=C(O)c1cccc(Oc2ccc3c(c2)C[C@@H](NC[C@@H](O)c2cccnc2)CC3)c1. The average Bonchev–Trinajstić information content (AvgIpc) is 2.78. The second-order valence-corrected chi connectivity index (χ2v) is 7.52. The van der Waals surface area contributed by atoms with E-state index in [1.165, 1.54) is 23.3 Å². The highest BCUT2D eigenvalue weighted by molar-refractivity contribution is 5.88. The summed E-state index contributed by atoms with van der Waals surface area (Å²) in [5, 5.41) is 23.0. The Morgan fingerprint density at radius 2 is 2.00 bits per heavy atom. The van der Waals surface area contributed by atoms with E-state index in [1.807, 2.05) is 24.3 Å². The fourth-order valence-corrected chi connectivity index (χ4v) is 3.77. The number of carboxylic acid groups (broad SMARTS) is 1. The number of pyridine rings is 1. The molecule has 3 N–H and O–H groups in total. The van der Waals surface area contributed by atoms with Crippen LogP contribution in [0.4, 0.5) is 0 Å². The molecule has 30 heavy (non-hydrogen) atoms. The number of hydrogen-bond acceptors (Lipinski definition) is 5. The van der Waals surface area contributed by atoms with Gasteiger partial charge in [0.1, 0.15) is 11.5 Å². The molecule has 0 saturated carbocycles. The number of nitrogens with zero attached hydrogens (tertiary/aromatic N) is 1. The minimum Gasteiger partial charge on any atom is -0.478 e. The first kappa shape index (κ1) is 20.1. The number of benzene rings is 2. The van der Waals surface area contributed by atoms with Crippen LogP contribution in [0, 0.1) is 0 Å². The van der Waals surface area contributed by atoms with E-state index in [0.717, 1.165) is 24.8 Å². The normalized spacial score (nSPS) is 16.5. The summed E-state index contributed by atoms with van der Waals surface area (Å²) in [6, 6.07) is 16.5. The van der Waals surface area contributed by atoms with Crippen molar-refractivity contribution in [3.8, 4) is 11.5 Å². The van der Waals surface area contributed by atoms with Gasteiger partial charge in [-0.25, -0.2) is 4.79 Å². The smallest absolute Gasteiger partial charge is 0.335 e. The molecular weight excluding hydrogens is 380 g/mol. The Bertz CT molecular complexity index is 1020. The van der Waals surface area contributed by atoms with E-state index in [4.69, 9.17) is 9.84 Å². The number of aliphatic hydroxyl groups is 1. The Morgan fingerprint density at radius 3 is 2.80 bits per heavy atom. The Hall–Kier alpha value is -3.22. The fourth-order valence-electron chi connectivity index (χ4n) is 3.77. The number of aromatic carboxylic acids is 1. The molecular formula is C24H24N2O4. The molecule has 0 radical (unpaired) electrons. The molecule has 0 saturated heterocycles. The van der Waals surface area contributed by atoms with Gasteiger partial charge in [0.2, 0.25) is 0 Å². The number of nitrogens with one attached hydrogen (secondary N) is 1. The highest BCUT2D eigenvalue weighted by Gasteiger charge is 2.20. The van der Waals surface area contributed by atoms with Gasteiger partial charge in [0.25, 0.3) is 0 Å². The van der Waals surface area contributed by atoms with Crippen molar-refractivity contribution in [2.75, 3.05) is 6.54 Å². The number of ether oxygens (including phenoxy) is 1. The number of aromatic nitrogens is 1. The van der Waals surface area contributed by atoms with E-state index >= 15 is 0 Å². The molecule has 1 heterocycles. The summed E-state index contributed by atoms with van der Waals surface area (Å²) in [5.74, 6) is 0.209. The standard InChI is InChI=1S/C24H24N2O4/c27-23(18-4-2-10-25-14-18)15-26-20-8-6-16-7-9-22(13-19(16)11-20)30-21-5-1-3-17(12-21)24(28)29/h1-5,7,9-10,12-14,20,23,26-27H,6,8,11,15H2,(H,28,29)/t20-,23+/m0/s1. The summed E-state index contributed by atoms with van der Waals surface area (Å²) in [7, 11) is 0. The van der Waals surface area contributed by atoms with E-state index in [2.05, 4.69) is 16.4 Å². The van der Waals surface area contributed by atoms with Crippen LogP contribution in [0.1, 0.15) is 39.6 Å². The lowest BCUT2D eigenvalue weighted by Crippen LogP contribution is -2.37. The molecule has 3 aromatic rings. The van der Waals surface area contributed by atoms with Gasteiger partial charge in [0.05, 0.1) is 11.7 Å². The van der Waals surface area contributed by atoms with Crippen LogP contribution >= 0.6 is 0 Å². The molecule has 2 aromatic carbocycles. The number of carboxylic acids is 1. The number of carbonyl (C=O) groups is 1.